The van der Waals surface area contributed by atoms with Gasteiger partial charge in [0.05, 0.1) is 17.5 Å². The summed E-state index contributed by atoms with van der Waals surface area (Å²) in [5, 5.41) is 15.6. The van der Waals surface area contributed by atoms with Crippen LogP contribution >= 0.6 is 11.3 Å². The number of hydrogen-bond acceptors (Lipinski definition) is 5. The van der Waals surface area contributed by atoms with Gasteiger partial charge in [-0.2, -0.15) is 0 Å². The number of nitrogens with one attached hydrogen (secondary N) is 1. The van der Waals surface area contributed by atoms with Gasteiger partial charge in [0.2, 0.25) is 5.91 Å². The Morgan fingerprint density at radius 3 is 2.62 bits per heavy atom. The van der Waals surface area contributed by atoms with Gasteiger partial charge in [0.15, 0.2) is 0 Å². The molecule has 8 heteroatoms. The van der Waals surface area contributed by atoms with E-state index in [2.05, 4.69) is 10.2 Å². The van der Waals surface area contributed by atoms with Gasteiger partial charge in [-0.1, -0.05) is 13.8 Å². The van der Waals surface area contributed by atoms with Crippen molar-refractivity contribution in [3.8, 4) is 0 Å². The lowest BCUT2D eigenvalue weighted by molar-refractivity contribution is -0.138. The molecule has 1 saturated heterocycles. The lowest BCUT2D eigenvalue weighted by Gasteiger charge is -2.24. The first-order chi connectivity index (χ1) is 16.2. The minimum absolute atomic E-state index is 0.184. The topological polar surface area (TPSA) is 91.6 Å². The summed E-state index contributed by atoms with van der Waals surface area (Å²) in [6, 6.07) is 4.02. The van der Waals surface area contributed by atoms with Crippen molar-refractivity contribution in [3.63, 3.8) is 0 Å². The zero-order valence-corrected chi connectivity index (χ0v) is 21.0. The molecule has 1 aliphatic heterocycles. The van der Waals surface area contributed by atoms with Crippen LogP contribution in [0, 0.1) is 24.7 Å². The van der Waals surface area contributed by atoms with Crippen LogP contribution in [0.5, 0.6) is 0 Å². The molecule has 2 aromatic rings. The Morgan fingerprint density at radius 2 is 1.97 bits per heavy atom. The molecule has 2 fully saturated rings. The highest BCUT2D eigenvalue weighted by Gasteiger charge is 2.36. The molecule has 2 aromatic heterocycles. The number of anilines is 1. The van der Waals surface area contributed by atoms with Crippen LogP contribution < -0.4 is 15.8 Å². The van der Waals surface area contributed by atoms with E-state index in [1.807, 2.05) is 38.3 Å². The van der Waals surface area contributed by atoms with E-state index in [1.165, 1.54) is 29.9 Å². The van der Waals surface area contributed by atoms with Crippen LogP contribution in [0.1, 0.15) is 69.2 Å². The number of carbonyl (C=O) groups excluding carboxylic acids is 1. The maximum atomic E-state index is 13.4. The van der Waals surface area contributed by atoms with E-state index in [9.17, 15) is 19.5 Å². The Morgan fingerprint density at radius 1 is 1.21 bits per heavy atom. The van der Waals surface area contributed by atoms with Crippen LogP contribution in [0.15, 0.2) is 34.6 Å². The molecule has 0 aromatic carbocycles. The molecule has 0 radical (unpaired) electrons. The average molecular weight is 486 g/mol. The quantitative estimate of drug-likeness (QED) is 0.521. The van der Waals surface area contributed by atoms with Crippen LogP contribution in [0.2, 0.25) is 0 Å². The van der Waals surface area contributed by atoms with E-state index in [1.54, 1.807) is 17.5 Å². The minimum atomic E-state index is -0.971. The first kappa shape index (κ1) is 24.5. The lowest BCUT2D eigenvalue weighted by Crippen LogP contribution is -2.40. The van der Waals surface area contributed by atoms with Crippen molar-refractivity contribution in [3.05, 3.63) is 51.3 Å². The van der Waals surface area contributed by atoms with E-state index in [0.717, 1.165) is 41.1 Å². The molecule has 34 heavy (non-hydrogen) atoms. The number of aryl methyl sites for hydroxylation is 1. The fourth-order valence-electron chi connectivity index (χ4n) is 4.96. The number of pyridine rings is 1. The molecule has 3 heterocycles. The highest BCUT2D eigenvalue weighted by atomic mass is 32.1. The smallest absolute Gasteiger partial charge is 0.305 e. The number of carboxylic acid groups (broad SMARTS) is 1. The van der Waals surface area contributed by atoms with Crippen molar-refractivity contribution in [1.29, 1.82) is 0 Å². The molecular weight excluding hydrogens is 450 g/mol. The van der Waals surface area contributed by atoms with Crippen molar-refractivity contribution in [2.24, 2.45) is 17.8 Å². The SMILES string of the molecule is Cc1ccn([C@H](CC(C)C)C(=O)N[C@@H](CC(=O)O)c2csc(N3CC[C@H](C4CC4)C3)c2)c(=O)c1. The number of rotatable bonds is 10. The van der Waals surface area contributed by atoms with E-state index < -0.39 is 18.1 Å². The highest BCUT2D eigenvalue weighted by molar-refractivity contribution is 7.14. The van der Waals surface area contributed by atoms with Gasteiger partial charge in [-0.05, 0) is 79.0 Å². The van der Waals surface area contributed by atoms with Gasteiger partial charge in [-0.3, -0.25) is 14.4 Å². The monoisotopic (exact) mass is 485 g/mol. The number of nitrogens with zero attached hydrogens (tertiary/aromatic N) is 2. The molecule has 0 bridgehead atoms. The second-order valence-electron chi connectivity index (χ2n) is 10.3. The minimum Gasteiger partial charge on any atom is -0.481 e. The number of aromatic nitrogens is 1. The van der Waals surface area contributed by atoms with Gasteiger partial charge in [-0.15, -0.1) is 11.3 Å². The molecule has 1 amide bonds. The first-order valence-corrected chi connectivity index (χ1v) is 13.1. The Bertz CT molecular complexity index is 1090. The molecule has 7 nitrogen and oxygen atoms in total. The van der Waals surface area contributed by atoms with Crippen LogP contribution in [0.3, 0.4) is 0 Å². The molecule has 1 saturated carbocycles. The van der Waals surface area contributed by atoms with E-state index in [0.29, 0.717) is 6.42 Å². The molecule has 3 atom stereocenters. The van der Waals surface area contributed by atoms with Crippen molar-refractivity contribution in [1.82, 2.24) is 9.88 Å². The van der Waals surface area contributed by atoms with E-state index in [-0.39, 0.29) is 23.8 Å². The summed E-state index contributed by atoms with van der Waals surface area (Å²) in [5.41, 5.74) is 1.42. The number of aliphatic carboxylic acids is 1. The molecule has 1 aliphatic carbocycles. The Hall–Kier alpha value is -2.61. The molecule has 184 valence electrons. The predicted octanol–water partition coefficient (Wildman–Crippen LogP) is 4.37. The third-order valence-electron chi connectivity index (χ3n) is 6.97. The van der Waals surface area contributed by atoms with Crippen LogP contribution in [0.25, 0.3) is 0 Å². The van der Waals surface area contributed by atoms with Gasteiger partial charge < -0.3 is 19.9 Å². The Kier molecular flexibility index (Phi) is 7.45. The van der Waals surface area contributed by atoms with Gasteiger partial charge >= 0.3 is 5.97 Å². The summed E-state index contributed by atoms with van der Waals surface area (Å²) in [5.74, 6) is 0.537. The van der Waals surface area contributed by atoms with Crippen molar-refractivity contribution < 1.29 is 14.7 Å². The summed E-state index contributed by atoms with van der Waals surface area (Å²) < 4.78 is 1.46. The molecule has 2 N–H and O–H groups in total. The van der Waals surface area contributed by atoms with Gasteiger partial charge in [0.25, 0.3) is 5.56 Å². The molecule has 0 unspecified atom stereocenters. The van der Waals surface area contributed by atoms with E-state index >= 15 is 0 Å². The second-order valence-corrected chi connectivity index (χ2v) is 11.2. The number of carboxylic acids is 1. The molecular formula is C26H35N3O4S. The number of hydrogen-bond donors (Lipinski definition) is 2. The Labute approximate surface area is 204 Å². The maximum absolute atomic E-state index is 13.4. The fourth-order valence-corrected chi connectivity index (χ4v) is 5.97. The molecule has 0 spiro atoms. The first-order valence-electron chi connectivity index (χ1n) is 12.3. The van der Waals surface area contributed by atoms with Gasteiger partial charge in [0.1, 0.15) is 6.04 Å². The summed E-state index contributed by atoms with van der Waals surface area (Å²) in [6.07, 6.45) is 5.85. The summed E-state index contributed by atoms with van der Waals surface area (Å²) in [7, 11) is 0. The Balaban J connectivity index is 1.52. The normalized spacial score (nSPS) is 19.9. The number of thiophene rings is 1. The second kappa shape index (κ2) is 10.3. The molecule has 2 aliphatic rings. The van der Waals surface area contributed by atoms with Gasteiger partial charge in [0, 0.05) is 25.4 Å². The van der Waals surface area contributed by atoms with Crippen molar-refractivity contribution in [2.45, 2.75) is 65.0 Å². The lowest BCUT2D eigenvalue weighted by atomic mass is 10.0. The van der Waals surface area contributed by atoms with Crippen LogP contribution in [0.4, 0.5) is 5.00 Å². The highest BCUT2D eigenvalue weighted by Crippen LogP contribution is 2.43. The summed E-state index contributed by atoms with van der Waals surface area (Å²) in [6.45, 7) is 7.94. The standard InChI is InChI=1S/C26H35N3O4S/c1-16(2)10-22(29-9-6-17(3)11-23(29)30)26(33)27-21(13-25(31)32)20-12-24(34-15-20)28-8-7-19(14-28)18-4-5-18/h6,9,11-12,15-16,18-19,21-22H,4-5,7-8,10,13-14H2,1-3H3,(H,27,33)(H,31,32)/t19-,21-,22+/m0/s1. The zero-order valence-electron chi connectivity index (χ0n) is 20.2. The third kappa shape index (κ3) is 5.90. The summed E-state index contributed by atoms with van der Waals surface area (Å²) in [4.78, 5) is 40.1. The number of amides is 1. The molecule has 4 rings (SSSR count). The summed E-state index contributed by atoms with van der Waals surface area (Å²) >= 11 is 1.61. The van der Waals surface area contributed by atoms with Crippen molar-refractivity contribution >= 4 is 28.2 Å². The fraction of sp³-hybridized carbons (Fsp3) is 0.577. The van der Waals surface area contributed by atoms with Crippen molar-refractivity contribution in [2.75, 3.05) is 18.0 Å². The van der Waals surface area contributed by atoms with Crippen LogP contribution in [-0.2, 0) is 9.59 Å². The number of carbonyl (C=O) groups is 2. The van der Waals surface area contributed by atoms with Crippen LogP contribution in [-0.4, -0.2) is 34.6 Å². The largest absolute Gasteiger partial charge is 0.481 e. The van der Waals surface area contributed by atoms with Gasteiger partial charge in [-0.25, -0.2) is 0 Å². The predicted molar refractivity (Wildman–Crippen MR) is 134 cm³/mol. The third-order valence-corrected chi connectivity index (χ3v) is 7.97. The maximum Gasteiger partial charge on any atom is 0.305 e. The zero-order chi connectivity index (χ0) is 24.4. The van der Waals surface area contributed by atoms with E-state index in [4.69, 9.17) is 0 Å². The average Bonchev–Trinajstić information content (AvgIpc) is 3.29.